The number of hydrogen-bond acceptors (Lipinski definition) is 12. The minimum Gasteiger partial charge on any atom is -0.496 e. The average molecular weight is 780 g/mol. The van der Waals surface area contributed by atoms with E-state index in [0.29, 0.717) is 80.2 Å². The Labute approximate surface area is 321 Å². The topological polar surface area (TPSA) is 188 Å². The predicted octanol–water partition coefficient (Wildman–Crippen LogP) is 4.02. The molecule has 0 atom stereocenters. The van der Waals surface area contributed by atoms with Crippen LogP contribution in [0, 0.1) is 11.8 Å². The summed E-state index contributed by atoms with van der Waals surface area (Å²) in [4.78, 5) is 54.4. The van der Waals surface area contributed by atoms with Crippen LogP contribution in [0.1, 0.15) is 65.7 Å². The van der Waals surface area contributed by atoms with Crippen LogP contribution in [0.15, 0.2) is 24.3 Å². The van der Waals surface area contributed by atoms with Crippen molar-refractivity contribution < 1.29 is 38.1 Å². The normalized spacial score (nSPS) is 15.8. The van der Waals surface area contributed by atoms with Gasteiger partial charge in [-0.25, -0.2) is 9.59 Å². The second-order valence-corrected chi connectivity index (χ2v) is 14.3. The summed E-state index contributed by atoms with van der Waals surface area (Å²) in [6.07, 6.45) is 4.83. The SMILES string of the molecule is COc1cc(N)c(Cl)cc1C(=O)OCCN1CCC(CNC(=O)CCCC(=O)NCC2CCN(CCOC(=O)c3cc(Cl)c(N)cc3OC)CC2)CC1. The first-order valence-electron chi connectivity index (χ1n) is 18.1. The fourth-order valence-electron chi connectivity index (χ4n) is 6.42. The fraction of sp³-hybridized carbons (Fsp3) is 0.568. The van der Waals surface area contributed by atoms with Gasteiger partial charge in [0.05, 0.1) is 35.6 Å². The van der Waals surface area contributed by atoms with Gasteiger partial charge in [-0.2, -0.15) is 0 Å². The lowest BCUT2D eigenvalue weighted by Gasteiger charge is -2.31. The largest absolute Gasteiger partial charge is 0.496 e. The average Bonchev–Trinajstić information content (AvgIpc) is 3.15. The van der Waals surface area contributed by atoms with E-state index in [9.17, 15) is 19.2 Å². The molecule has 2 fully saturated rings. The van der Waals surface area contributed by atoms with E-state index in [-0.39, 0.29) is 46.2 Å². The molecule has 2 saturated heterocycles. The number of carbonyl (C=O) groups excluding carboxylic acids is 4. The Morgan fingerprint density at radius 3 is 1.42 bits per heavy atom. The van der Waals surface area contributed by atoms with Gasteiger partial charge in [-0.3, -0.25) is 19.4 Å². The molecule has 2 aromatic carbocycles. The van der Waals surface area contributed by atoms with Crippen molar-refractivity contribution in [3.63, 3.8) is 0 Å². The van der Waals surface area contributed by atoms with E-state index < -0.39 is 11.9 Å². The lowest BCUT2D eigenvalue weighted by molar-refractivity contribution is -0.122. The molecule has 0 spiro atoms. The molecule has 53 heavy (non-hydrogen) atoms. The maximum atomic E-state index is 12.5. The molecule has 2 aliphatic heterocycles. The number of esters is 2. The van der Waals surface area contributed by atoms with Gasteiger partial charge in [0.15, 0.2) is 0 Å². The Balaban J connectivity index is 0.993. The minimum absolute atomic E-state index is 0.0419. The zero-order valence-electron chi connectivity index (χ0n) is 30.6. The van der Waals surface area contributed by atoms with Crippen molar-refractivity contribution in [3.8, 4) is 11.5 Å². The van der Waals surface area contributed by atoms with Crippen molar-refractivity contribution in [1.82, 2.24) is 20.4 Å². The van der Waals surface area contributed by atoms with Crippen LogP contribution in [-0.4, -0.2) is 113 Å². The molecule has 16 heteroatoms. The van der Waals surface area contributed by atoms with E-state index in [1.54, 1.807) is 0 Å². The van der Waals surface area contributed by atoms with Crippen LogP contribution < -0.4 is 31.6 Å². The number of hydrogen-bond donors (Lipinski definition) is 4. The Morgan fingerprint density at radius 1 is 0.679 bits per heavy atom. The molecule has 2 heterocycles. The number of methoxy groups -OCH3 is 2. The molecule has 0 unspecified atom stereocenters. The van der Waals surface area contributed by atoms with E-state index in [2.05, 4.69) is 20.4 Å². The van der Waals surface area contributed by atoms with Crippen molar-refractivity contribution in [2.24, 2.45) is 11.8 Å². The van der Waals surface area contributed by atoms with Crippen molar-refractivity contribution in [2.75, 3.05) is 91.3 Å². The maximum Gasteiger partial charge on any atom is 0.342 e. The number of amides is 2. The van der Waals surface area contributed by atoms with Gasteiger partial charge in [0.1, 0.15) is 35.8 Å². The van der Waals surface area contributed by atoms with Gasteiger partial charge in [-0.15, -0.1) is 0 Å². The van der Waals surface area contributed by atoms with E-state index in [1.165, 1.54) is 38.5 Å². The van der Waals surface area contributed by atoms with Crippen molar-refractivity contribution >= 4 is 58.3 Å². The van der Waals surface area contributed by atoms with E-state index in [1.807, 2.05) is 0 Å². The first-order valence-corrected chi connectivity index (χ1v) is 18.8. The Kier molecular flexibility index (Phi) is 16.6. The molecular formula is C37H52Cl2N6O8. The molecule has 0 radical (unpaired) electrons. The van der Waals surface area contributed by atoms with E-state index in [0.717, 1.165) is 51.9 Å². The van der Waals surface area contributed by atoms with Gasteiger partial charge in [0, 0.05) is 51.2 Å². The molecule has 2 aromatic rings. The molecule has 292 valence electrons. The van der Waals surface area contributed by atoms with Crippen LogP contribution in [0.25, 0.3) is 0 Å². The summed E-state index contributed by atoms with van der Waals surface area (Å²) >= 11 is 12.1. The van der Waals surface area contributed by atoms with Gasteiger partial charge in [-0.05, 0) is 82.3 Å². The highest BCUT2D eigenvalue weighted by atomic mass is 35.5. The summed E-state index contributed by atoms with van der Waals surface area (Å²) in [5, 5.41) is 6.58. The summed E-state index contributed by atoms with van der Waals surface area (Å²) in [5.74, 6) is 0.261. The highest BCUT2D eigenvalue weighted by Gasteiger charge is 2.23. The molecule has 0 bridgehead atoms. The number of piperidine rings is 2. The number of nitrogens with one attached hydrogen (secondary N) is 2. The standard InChI is InChI=1S/C37H52Cl2N6O8/c1-50-32-20-30(40)28(38)18-26(32)36(48)52-16-14-44-10-6-24(7-11-44)22-42-34(46)4-3-5-35(47)43-23-25-8-12-45(13-9-25)15-17-53-37(49)27-19-29(39)31(41)21-33(27)51-2/h18-21,24-25H,3-17,22-23,40-41H2,1-2H3,(H,42,46)(H,43,47). The lowest BCUT2D eigenvalue weighted by Crippen LogP contribution is -2.40. The number of carbonyl (C=O) groups is 4. The first-order chi connectivity index (χ1) is 25.5. The van der Waals surface area contributed by atoms with Crippen LogP contribution in [0.2, 0.25) is 10.0 Å². The highest BCUT2D eigenvalue weighted by Crippen LogP contribution is 2.30. The molecule has 4 rings (SSSR count). The molecule has 2 aliphatic rings. The maximum absolute atomic E-state index is 12.5. The summed E-state index contributed by atoms with van der Waals surface area (Å²) in [6, 6.07) is 5.90. The number of nitrogens with two attached hydrogens (primary N) is 2. The van der Waals surface area contributed by atoms with Gasteiger partial charge in [0.25, 0.3) is 0 Å². The number of likely N-dealkylation sites (tertiary alicyclic amines) is 2. The molecule has 2 amide bonds. The number of ether oxygens (including phenoxy) is 4. The molecule has 14 nitrogen and oxygen atoms in total. The smallest absolute Gasteiger partial charge is 0.342 e. The van der Waals surface area contributed by atoms with Crippen LogP contribution in [0.5, 0.6) is 11.5 Å². The first kappa shape index (κ1) is 41.8. The van der Waals surface area contributed by atoms with Gasteiger partial charge in [0.2, 0.25) is 11.8 Å². The van der Waals surface area contributed by atoms with Crippen LogP contribution >= 0.6 is 23.2 Å². The third-order valence-corrected chi connectivity index (χ3v) is 10.4. The number of nitrogen functional groups attached to an aromatic ring is 2. The second kappa shape index (κ2) is 21.0. The van der Waals surface area contributed by atoms with E-state index in [4.69, 9.17) is 53.6 Å². The molecule has 6 N–H and O–H groups in total. The third kappa shape index (κ3) is 13.1. The Bertz CT molecular complexity index is 1450. The lowest BCUT2D eigenvalue weighted by atomic mass is 9.96. The zero-order chi connectivity index (χ0) is 38.3. The summed E-state index contributed by atoms with van der Waals surface area (Å²) in [7, 11) is 2.90. The molecule has 0 aromatic heterocycles. The Morgan fingerprint density at radius 2 is 1.06 bits per heavy atom. The van der Waals surface area contributed by atoms with Crippen LogP contribution in [0.4, 0.5) is 11.4 Å². The molecular weight excluding hydrogens is 727 g/mol. The zero-order valence-corrected chi connectivity index (χ0v) is 32.1. The predicted molar refractivity (Wildman–Crippen MR) is 204 cm³/mol. The second-order valence-electron chi connectivity index (χ2n) is 13.5. The molecule has 0 saturated carbocycles. The van der Waals surface area contributed by atoms with Gasteiger partial charge >= 0.3 is 11.9 Å². The number of nitrogens with zero attached hydrogens (tertiary/aromatic N) is 2. The Hall–Kier alpha value is -3.98. The van der Waals surface area contributed by atoms with Crippen LogP contribution in [0.3, 0.4) is 0 Å². The van der Waals surface area contributed by atoms with Crippen molar-refractivity contribution in [1.29, 1.82) is 0 Å². The van der Waals surface area contributed by atoms with E-state index >= 15 is 0 Å². The number of anilines is 2. The fourth-order valence-corrected chi connectivity index (χ4v) is 6.74. The summed E-state index contributed by atoms with van der Waals surface area (Å²) < 4.78 is 21.4. The summed E-state index contributed by atoms with van der Waals surface area (Å²) in [5.41, 5.74) is 12.7. The van der Waals surface area contributed by atoms with Gasteiger partial charge in [-0.1, -0.05) is 23.2 Å². The number of benzene rings is 2. The minimum atomic E-state index is -0.518. The number of rotatable bonds is 18. The van der Waals surface area contributed by atoms with Crippen LogP contribution in [-0.2, 0) is 19.1 Å². The van der Waals surface area contributed by atoms with Crippen molar-refractivity contribution in [3.05, 3.63) is 45.4 Å². The third-order valence-electron chi connectivity index (χ3n) is 9.76. The quantitative estimate of drug-likeness (QED) is 0.126. The summed E-state index contributed by atoms with van der Waals surface area (Å²) in [6.45, 7) is 6.30. The van der Waals surface area contributed by atoms with Crippen molar-refractivity contribution in [2.45, 2.75) is 44.9 Å². The molecule has 0 aliphatic carbocycles. The van der Waals surface area contributed by atoms with Gasteiger partial charge < -0.3 is 41.0 Å². The number of halogens is 2. The highest BCUT2D eigenvalue weighted by molar-refractivity contribution is 6.34. The monoisotopic (exact) mass is 778 g/mol.